The largest absolute Gasteiger partial charge is 0.369 e. The number of aromatic nitrogens is 1. The fraction of sp³-hybridized carbons (Fsp3) is 0.227. The number of rotatable bonds is 4. The summed E-state index contributed by atoms with van der Waals surface area (Å²) in [5, 5.41) is 0. The summed E-state index contributed by atoms with van der Waals surface area (Å²) in [4.78, 5) is 8.40. The van der Waals surface area contributed by atoms with E-state index >= 15 is 0 Å². The van der Waals surface area contributed by atoms with E-state index in [1.54, 1.807) is 0 Å². The molecular formula is C22H22FN3. The lowest BCUT2D eigenvalue weighted by Crippen LogP contribution is -2.48. The number of piperazine rings is 1. The van der Waals surface area contributed by atoms with Gasteiger partial charge in [-0.25, -0.2) is 4.98 Å². The molecule has 0 radical (unpaired) electrons. The fourth-order valence-electron chi connectivity index (χ4n) is 3.71. The highest BCUT2D eigenvalue weighted by Crippen LogP contribution is 2.30. The molecule has 1 fully saturated rings. The van der Waals surface area contributed by atoms with Gasteiger partial charge in [-0.2, -0.15) is 4.39 Å². The number of hydrogen-bond donors (Lipinski definition) is 0. The van der Waals surface area contributed by atoms with Gasteiger partial charge in [0.25, 0.3) is 0 Å². The summed E-state index contributed by atoms with van der Waals surface area (Å²) >= 11 is 0. The summed E-state index contributed by atoms with van der Waals surface area (Å²) < 4.78 is 13.4. The Hall–Kier alpha value is -2.72. The Morgan fingerprint density at radius 1 is 0.769 bits per heavy atom. The Labute approximate surface area is 153 Å². The number of halogens is 1. The van der Waals surface area contributed by atoms with E-state index < -0.39 is 5.95 Å². The molecule has 0 aliphatic carbocycles. The number of anilines is 1. The summed E-state index contributed by atoms with van der Waals surface area (Å²) in [6.07, 6.45) is 1.54. The molecule has 0 atom stereocenters. The molecule has 0 unspecified atom stereocenters. The van der Waals surface area contributed by atoms with Crippen LogP contribution in [-0.4, -0.2) is 36.1 Å². The van der Waals surface area contributed by atoms with Gasteiger partial charge < -0.3 is 4.90 Å². The van der Waals surface area contributed by atoms with Crippen molar-refractivity contribution in [3.8, 4) is 0 Å². The van der Waals surface area contributed by atoms with E-state index in [0.717, 1.165) is 31.9 Å². The van der Waals surface area contributed by atoms with Crippen molar-refractivity contribution in [1.82, 2.24) is 9.88 Å². The summed E-state index contributed by atoms with van der Waals surface area (Å²) in [6.45, 7) is 3.61. The number of pyridine rings is 1. The van der Waals surface area contributed by atoms with Crippen molar-refractivity contribution >= 4 is 5.69 Å². The Morgan fingerprint density at radius 3 is 1.88 bits per heavy atom. The topological polar surface area (TPSA) is 19.4 Å². The molecule has 3 aromatic rings. The van der Waals surface area contributed by atoms with Crippen molar-refractivity contribution in [2.75, 3.05) is 31.1 Å². The molecule has 0 saturated carbocycles. The van der Waals surface area contributed by atoms with Gasteiger partial charge in [0.1, 0.15) is 0 Å². The van der Waals surface area contributed by atoms with E-state index in [1.165, 1.54) is 23.4 Å². The summed E-state index contributed by atoms with van der Waals surface area (Å²) in [7, 11) is 0. The van der Waals surface area contributed by atoms with E-state index in [9.17, 15) is 4.39 Å². The highest BCUT2D eigenvalue weighted by atomic mass is 19.1. The maximum absolute atomic E-state index is 13.4. The first-order chi connectivity index (χ1) is 12.8. The van der Waals surface area contributed by atoms with Crippen LogP contribution < -0.4 is 4.90 Å². The lowest BCUT2D eigenvalue weighted by molar-refractivity contribution is 0.212. The fourth-order valence-corrected chi connectivity index (χ4v) is 3.71. The molecule has 2 aromatic carbocycles. The monoisotopic (exact) mass is 347 g/mol. The van der Waals surface area contributed by atoms with Crippen LogP contribution in [0.2, 0.25) is 0 Å². The molecule has 4 rings (SSSR count). The molecule has 0 spiro atoms. The third-order valence-electron chi connectivity index (χ3n) is 4.99. The first kappa shape index (κ1) is 16.7. The maximum Gasteiger partial charge on any atom is 0.214 e. The van der Waals surface area contributed by atoms with Crippen molar-refractivity contribution in [3.05, 3.63) is 96.1 Å². The average molecular weight is 347 g/mol. The predicted octanol–water partition coefficient (Wildman–Crippen LogP) is 4.13. The van der Waals surface area contributed by atoms with Gasteiger partial charge in [-0.15, -0.1) is 0 Å². The lowest BCUT2D eigenvalue weighted by atomic mass is 9.96. The second-order valence-electron chi connectivity index (χ2n) is 6.58. The summed E-state index contributed by atoms with van der Waals surface area (Å²) in [5.74, 6) is -0.420. The Kier molecular flexibility index (Phi) is 4.93. The van der Waals surface area contributed by atoms with Gasteiger partial charge in [0, 0.05) is 44.1 Å². The number of nitrogens with zero attached hydrogens (tertiary/aromatic N) is 3. The third kappa shape index (κ3) is 3.60. The van der Waals surface area contributed by atoms with E-state index in [-0.39, 0.29) is 6.04 Å². The lowest BCUT2D eigenvalue weighted by Gasteiger charge is -2.40. The maximum atomic E-state index is 13.4. The zero-order valence-electron chi connectivity index (χ0n) is 14.6. The van der Waals surface area contributed by atoms with E-state index in [1.807, 2.05) is 6.07 Å². The van der Waals surface area contributed by atoms with Crippen LogP contribution in [0, 0.1) is 5.95 Å². The van der Waals surface area contributed by atoms with Crippen molar-refractivity contribution in [1.29, 1.82) is 0 Å². The van der Waals surface area contributed by atoms with Crippen LogP contribution in [0.25, 0.3) is 0 Å². The molecule has 2 heterocycles. The third-order valence-corrected chi connectivity index (χ3v) is 4.99. The Bertz CT molecular complexity index is 791. The highest BCUT2D eigenvalue weighted by molar-refractivity contribution is 5.45. The quantitative estimate of drug-likeness (QED) is 0.662. The first-order valence-corrected chi connectivity index (χ1v) is 9.02. The smallest absolute Gasteiger partial charge is 0.214 e. The zero-order valence-corrected chi connectivity index (χ0v) is 14.6. The molecule has 26 heavy (non-hydrogen) atoms. The van der Waals surface area contributed by atoms with Gasteiger partial charge in [0.05, 0.1) is 6.04 Å². The normalized spacial score (nSPS) is 15.4. The molecule has 132 valence electrons. The van der Waals surface area contributed by atoms with Gasteiger partial charge in [0.15, 0.2) is 0 Å². The van der Waals surface area contributed by atoms with E-state index in [2.05, 4.69) is 75.4 Å². The molecule has 1 saturated heterocycles. The second kappa shape index (κ2) is 7.67. The summed E-state index contributed by atoms with van der Waals surface area (Å²) in [6, 6.07) is 24.9. The minimum Gasteiger partial charge on any atom is -0.369 e. The van der Waals surface area contributed by atoms with Crippen molar-refractivity contribution in [2.45, 2.75) is 6.04 Å². The SMILES string of the molecule is Fc1cc(N2CCN(C(c3ccccc3)c3ccccc3)CC2)ccn1. The van der Waals surface area contributed by atoms with Crippen molar-refractivity contribution < 1.29 is 4.39 Å². The molecule has 4 heteroatoms. The van der Waals surface area contributed by atoms with Crippen LogP contribution in [0.1, 0.15) is 17.2 Å². The zero-order chi connectivity index (χ0) is 17.8. The molecular weight excluding hydrogens is 325 g/mol. The minimum atomic E-state index is -0.420. The van der Waals surface area contributed by atoms with Gasteiger partial charge >= 0.3 is 0 Å². The highest BCUT2D eigenvalue weighted by Gasteiger charge is 2.26. The predicted molar refractivity (Wildman–Crippen MR) is 103 cm³/mol. The standard InChI is InChI=1S/C22H22FN3/c23-21-17-20(11-12-24-21)25-13-15-26(16-14-25)22(18-7-3-1-4-8-18)19-9-5-2-6-10-19/h1-12,17,22H,13-16H2. The van der Waals surface area contributed by atoms with Crippen LogP contribution >= 0.6 is 0 Å². The molecule has 0 amide bonds. The van der Waals surface area contributed by atoms with Crippen molar-refractivity contribution in [2.24, 2.45) is 0 Å². The Balaban J connectivity index is 1.55. The minimum absolute atomic E-state index is 0.244. The molecule has 0 N–H and O–H groups in total. The van der Waals surface area contributed by atoms with E-state index in [0.29, 0.717) is 0 Å². The van der Waals surface area contributed by atoms with Crippen LogP contribution in [-0.2, 0) is 0 Å². The second-order valence-corrected chi connectivity index (χ2v) is 6.58. The van der Waals surface area contributed by atoms with Gasteiger partial charge in [-0.05, 0) is 17.2 Å². The van der Waals surface area contributed by atoms with Crippen LogP contribution in [0.15, 0.2) is 79.0 Å². The van der Waals surface area contributed by atoms with Gasteiger partial charge in [-0.1, -0.05) is 60.7 Å². The van der Waals surface area contributed by atoms with Crippen LogP contribution in [0.5, 0.6) is 0 Å². The van der Waals surface area contributed by atoms with Crippen LogP contribution in [0.3, 0.4) is 0 Å². The molecule has 3 nitrogen and oxygen atoms in total. The molecule has 1 aliphatic heterocycles. The first-order valence-electron chi connectivity index (χ1n) is 9.02. The van der Waals surface area contributed by atoms with Gasteiger partial charge in [-0.3, -0.25) is 4.90 Å². The van der Waals surface area contributed by atoms with E-state index in [4.69, 9.17) is 0 Å². The Morgan fingerprint density at radius 2 is 1.35 bits per heavy atom. The average Bonchev–Trinajstić information content (AvgIpc) is 2.70. The van der Waals surface area contributed by atoms with Crippen molar-refractivity contribution in [3.63, 3.8) is 0 Å². The van der Waals surface area contributed by atoms with Gasteiger partial charge in [0.2, 0.25) is 5.95 Å². The summed E-state index contributed by atoms with van der Waals surface area (Å²) in [5.41, 5.74) is 3.53. The molecule has 0 bridgehead atoms. The number of hydrogen-bond acceptors (Lipinski definition) is 3. The number of benzene rings is 2. The molecule has 1 aliphatic rings. The van der Waals surface area contributed by atoms with Crippen LogP contribution in [0.4, 0.5) is 10.1 Å². The molecule has 1 aromatic heterocycles.